The lowest BCUT2D eigenvalue weighted by Gasteiger charge is -2.40. The van der Waals surface area contributed by atoms with Gasteiger partial charge in [-0.05, 0) is 31.6 Å². The number of hydrogen-bond acceptors (Lipinski definition) is 6. The van der Waals surface area contributed by atoms with Crippen molar-refractivity contribution in [1.29, 1.82) is 0 Å². The first-order valence-electron chi connectivity index (χ1n) is 8.86. The zero-order valence-electron chi connectivity index (χ0n) is 15.8. The highest BCUT2D eigenvalue weighted by Gasteiger charge is 2.61. The predicted octanol–water partition coefficient (Wildman–Crippen LogP) is 3.62. The molecule has 1 rings (SSSR count). The highest BCUT2D eigenvalue weighted by atomic mass is 32.2. The van der Waals surface area contributed by atoms with Crippen LogP contribution in [0.5, 0.6) is 0 Å². The van der Waals surface area contributed by atoms with Crippen LogP contribution in [-0.2, 0) is 24.4 Å². The van der Waals surface area contributed by atoms with Gasteiger partial charge in [0.25, 0.3) is 0 Å². The third-order valence-electron chi connectivity index (χ3n) is 4.91. The van der Waals surface area contributed by atoms with Crippen molar-refractivity contribution in [1.82, 2.24) is 0 Å². The van der Waals surface area contributed by atoms with Gasteiger partial charge in [-0.15, -0.1) is 0 Å². The highest BCUT2D eigenvalue weighted by Crippen LogP contribution is 2.41. The lowest BCUT2D eigenvalue weighted by molar-refractivity contribution is -0.171. The second kappa shape index (κ2) is 9.08. The number of hydrogen-bond donors (Lipinski definition) is 0. The van der Waals surface area contributed by atoms with Gasteiger partial charge in [-0.1, -0.05) is 26.8 Å². The first-order valence-corrected chi connectivity index (χ1v) is 10.3. The van der Waals surface area contributed by atoms with E-state index in [2.05, 4.69) is 6.58 Å². The molecule has 1 fully saturated rings. The summed E-state index contributed by atoms with van der Waals surface area (Å²) in [5.41, 5.74) is -0.826. The van der Waals surface area contributed by atoms with E-state index in [1.807, 2.05) is 13.8 Å². The summed E-state index contributed by atoms with van der Waals surface area (Å²) in [6.07, 6.45) is 2.50. The quantitative estimate of drug-likeness (QED) is 0.172. The summed E-state index contributed by atoms with van der Waals surface area (Å²) < 4.78 is 93.8. The molecule has 0 unspecified atom stereocenters. The molecule has 164 valence electrons. The molecule has 0 aromatic heterocycles. The molecule has 11 heteroatoms. The second-order valence-corrected chi connectivity index (χ2v) is 8.67. The summed E-state index contributed by atoms with van der Waals surface area (Å²) in [7, 11) is -6.54. The topological polar surface area (TPSA) is 92.7 Å². The van der Waals surface area contributed by atoms with E-state index in [-0.39, 0.29) is 11.5 Å². The normalized spacial score (nSPS) is 18.1. The number of alkyl halides is 4. The maximum atomic E-state index is 13.3. The van der Waals surface area contributed by atoms with E-state index in [4.69, 9.17) is 9.47 Å². The molecule has 1 saturated carbocycles. The fourth-order valence-corrected chi connectivity index (χ4v) is 3.46. The number of esters is 1. The van der Waals surface area contributed by atoms with Crippen molar-refractivity contribution in [2.75, 3.05) is 13.2 Å². The Balaban J connectivity index is 2.55. The van der Waals surface area contributed by atoms with E-state index < -0.39 is 52.5 Å². The average molecular weight is 433 g/mol. The van der Waals surface area contributed by atoms with Gasteiger partial charge in [-0.2, -0.15) is 17.6 Å². The summed E-state index contributed by atoms with van der Waals surface area (Å²) in [6.45, 7) is 5.72. The molecule has 0 amide bonds. The molecule has 0 bridgehead atoms. The lowest BCUT2D eigenvalue weighted by Crippen LogP contribution is -2.47. The smallest absolute Gasteiger partial charge is 0.396 e. The molecular weight excluding hydrogens is 408 g/mol. The van der Waals surface area contributed by atoms with Crippen LogP contribution in [0.1, 0.15) is 52.4 Å². The van der Waals surface area contributed by atoms with Crippen molar-refractivity contribution in [3.63, 3.8) is 0 Å². The Labute approximate surface area is 162 Å². The van der Waals surface area contributed by atoms with Crippen LogP contribution in [0.2, 0.25) is 0 Å². The van der Waals surface area contributed by atoms with E-state index in [0.29, 0.717) is 12.8 Å². The van der Waals surface area contributed by atoms with Crippen LogP contribution in [0.25, 0.3) is 0 Å². The van der Waals surface area contributed by atoms with Crippen LogP contribution in [-0.4, -0.2) is 48.9 Å². The number of rotatable bonds is 10. The zero-order valence-corrected chi connectivity index (χ0v) is 16.6. The first kappa shape index (κ1) is 24.8. The highest BCUT2D eigenvalue weighted by molar-refractivity contribution is 7.86. The monoisotopic (exact) mass is 433 g/mol. The van der Waals surface area contributed by atoms with Crippen molar-refractivity contribution in [3.05, 3.63) is 12.2 Å². The van der Waals surface area contributed by atoms with E-state index in [0.717, 1.165) is 19.3 Å². The van der Waals surface area contributed by atoms with E-state index in [1.165, 1.54) is 0 Å². The molecule has 0 spiro atoms. The SMILES string of the molecule is C=C(COCCC(F)(F)C(F)(F)S(=O)(=O)[O-])C(=O)OC1(C(C)C)CCCCC1. The first-order chi connectivity index (χ1) is 12.7. The van der Waals surface area contributed by atoms with Crippen molar-refractivity contribution in [2.45, 2.75) is 69.2 Å². The van der Waals surface area contributed by atoms with E-state index >= 15 is 0 Å². The summed E-state index contributed by atoms with van der Waals surface area (Å²) >= 11 is 0. The van der Waals surface area contributed by atoms with Gasteiger partial charge in [-0.3, -0.25) is 0 Å². The summed E-state index contributed by atoms with van der Waals surface area (Å²) in [6, 6.07) is 0. The molecular formula is C17H25F4O6S-. The fraction of sp³-hybridized carbons (Fsp3) is 0.824. The van der Waals surface area contributed by atoms with Crippen molar-refractivity contribution >= 4 is 16.1 Å². The van der Waals surface area contributed by atoms with Crippen LogP contribution < -0.4 is 0 Å². The van der Waals surface area contributed by atoms with Gasteiger partial charge in [0.05, 0.1) is 18.8 Å². The van der Waals surface area contributed by atoms with Crippen molar-refractivity contribution in [3.8, 4) is 0 Å². The molecule has 0 aromatic rings. The van der Waals surface area contributed by atoms with Gasteiger partial charge >= 0.3 is 17.1 Å². The van der Waals surface area contributed by atoms with Gasteiger partial charge in [-0.25, -0.2) is 13.2 Å². The molecule has 1 aliphatic carbocycles. The van der Waals surface area contributed by atoms with Gasteiger partial charge in [0.15, 0.2) is 10.1 Å². The molecule has 0 aromatic carbocycles. The van der Waals surface area contributed by atoms with Gasteiger partial charge in [0.1, 0.15) is 5.60 Å². The second-order valence-electron chi connectivity index (χ2n) is 7.25. The molecule has 0 saturated heterocycles. The minimum absolute atomic E-state index is 0.0560. The molecule has 6 nitrogen and oxygen atoms in total. The van der Waals surface area contributed by atoms with Crippen LogP contribution in [0.3, 0.4) is 0 Å². The Hall–Kier alpha value is -1.20. The summed E-state index contributed by atoms with van der Waals surface area (Å²) in [4.78, 5) is 12.2. The number of carbonyl (C=O) groups excluding carboxylic acids is 1. The Kier molecular flexibility index (Phi) is 8.06. The fourth-order valence-electron chi connectivity index (χ4n) is 2.99. The standard InChI is InChI=1S/C17H26F4O6S/c1-12(2)15(7-5-4-6-8-15)27-14(22)13(3)11-26-10-9-16(18,19)17(20,21)28(23,24)25/h12H,3-11H2,1-2H3,(H,23,24,25)/p-1. The Morgan fingerprint density at radius 2 is 1.71 bits per heavy atom. The molecule has 28 heavy (non-hydrogen) atoms. The van der Waals surface area contributed by atoms with Crippen molar-refractivity contribution in [2.24, 2.45) is 5.92 Å². The molecule has 1 aliphatic rings. The van der Waals surface area contributed by atoms with Gasteiger partial charge < -0.3 is 14.0 Å². The van der Waals surface area contributed by atoms with E-state index in [9.17, 15) is 35.3 Å². The lowest BCUT2D eigenvalue weighted by atomic mass is 9.77. The van der Waals surface area contributed by atoms with E-state index in [1.54, 1.807) is 0 Å². The number of ether oxygens (including phenoxy) is 2. The molecule has 0 N–H and O–H groups in total. The summed E-state index contributed by atoms with van der Waals surface area (Å²) in [5, 5.41) is -5.76. The maximum Gasteiger partial charge on any atom is 0.396 e. The van der Waals surface area contributed by atoms with Crippen LogP contribution >= 0.6 is 0 Å². The molecule has 0 aliphatic heterocycles. The Morgan fingerprint density at radius 1 is 1.18 bits per heavy atom. The number of carbonyl (C=O) groups is 1. The third-order valence-corrected chi connectivity index (χ3v) is 5.84. The maximum absolute atomic E-state index is 13.3. The largest absolute Gasteiger partial charge is 0.743 e. The Morgan fingerprint density at radius 3 is 2.18 bits per heavy atom. The zero-order chi connectivity index (χ0) is 21.8. The minimum Gasteiger partial charge on any atom is -0.743 e. The third kappa shape index (κ3) is 5.66. The van der Waals surface area contributed by atoms with Gasteiger partial charge in [0.2, 0.25) is 0 Å². The molecule has 0 atom stereocenters. The van der Waals surface area contributed by atoms with Gasteiger partial charge in [0, 0.05) is 6.42 Å². The Bertz CT molecular complexity index is 669. The predicted molar refractivity (Wildman–Crippen MR) is 90.9 cm³/mol. The molecule has 0 radical (unpaired) electrons. The van der Waals surface area contributed by atoms with Crippen LogP contribution in [0.4, 0.5) is 17.6 Å². The average Bonchev–Trinajstić information content (AvgIpc) is 2.58. The van der Waals surface area contributed by atoms with Crippen LogP contribution in [0.15, 0.2) is 12.2 Å². The molecule has 0 heterocycles. The summed E-state index contributed by atoms with van der Waals surface area (Å²) in [5.74, 6) is -5.82. The number of halogens is 4. The van der Waals surface area contributed by atoms with Crippen molar-refractivity contribution < 1.29 is 44.8 Å². The minimum atomic E-state index is -6.54. The van der Waals surface area contributed by atoms with Crippen LogP contribution in [0, 0.1) is 5.92 Å².